The number of pyridine rings is 1. The zero-order chi connectivity index (χ0) is 16.6. The summed E-state index contributed by atoms with van der Waals surface area (Å²) in [6.07, 6.45) is 3.82. The number of allylic oxidation sites excluding steroid dienone is 1. The van der Waals surface area contributed by atoms with Gasteiger partial charge in [-0.2, -0.15) is 0 Å². The molecule has 1 heterocycles. The maximum Gasteiger partial charge on any atom is 0.197 e. The van der Waals surface area contributed by atoms with Crippen molar-refractivity contribution in [1.29, 1.82) is 0 Å². The third-order valence-electron chi connectivity index (χ3n) is 4.21. The molecule has 0 atom stereocenters. The van der Waals surface area contributed by atoms with Crippen molar-refractivity contribution >= 4 is 10.9 Å². The highest BCUT2D eigenvalue weighted by Gasteiger charge is 2.12. The molecule has 0 aliphatic heterocycles. The SMILES string of the molecule is C=CCn1cc(-c2ccc(C)cc2)c(=O)c2c(C)cc(C)cc21. The average molecular weight is 303 g/mol. The van der Waals surface area contributed by atoms with Gasteiger partial charge in [0.1, 0.15) is 0 Å². The molecule has 0 fully saturated rings. The van der Waals surface area contributed by atoms with Crippen LogP contribution in [0.5, 0.6) is 0 Å². The van der Waals surface area contributed by atoms with E-state index >= 15 is 0 Å². The predicted octanol–water partition coefficient (Wildman–Crippen LogP) is 4.78. The number of nitrogens with zero attached hydrogens (tertiary/aromatic N) is 1. The molecule has 0 N–H and O–H groups in total. The molecule has 23 heavy (non-hydrogen) atoms. The van der Waals surface area contributed by atoms with E-state index in [2.05, 4.69) is 30.2 Å². The Balaban J connectivity index is 2.40. The van der Waals surface area contributed by atoms with Crippen LogP contribution >= 0.6 is 0 Å². The van der Waals surface area contributed by atoms with Gasteiger partial charge in [0.25, 0.3) is 0 Å². The van der Waals surface area contributed by atoms with Crippen molar-refractivity contribution in [2.75, 3.05) is 0 Å². The van der Waals surface area contributed by atoms with Gasteiger partial charge in [-0.3, -0.25) is 4.79 Å². The summed E-state index contributed by atoms with van der Waals surface area (Å²) in [7, 11) is 0. The summed E-state index contributed by atoms with van der Waals surface area (Å²) in [6, 6.07) is 12.3. The van der Waals surface area contributed by atoms with Gasteiger partial charge < -0.3 is 4.57 Å². The lowest BCUT2D eigenvalue weighted by molar-refractivity contribution is 0.853. The molecule has 0 aliphatic rings. The van der Waals surface area contributed by atoms with Gasteiger partial charge in [-0.05, 0) is 43.5 Å². The number of hydrogen-bond donors (Lipinski definition) is 0. The van der Waals surface area contributed by atoms with Gasteiger partial charge >= 0.3 is 0 Å². The van der Waals surface area contributed by atoms with E-state index in [4.69, 9.17) is 0 Å². The summed E-state index contributed by atoms with van der Waals surface area (Å²) in [4.78, 5) is 13.1. The fraction of sp³-hybridized carbons (Fsp3) is 0.190. The Kier molecular flexibility index (Phi) is 3.91. The second kappa shape index (κ2) is 5.88. The number of hydrogen-bond acceptors (Lipinski definition) is 1. The Morgan fingerprint density at radius 3 is 2.39 bits per heavy atom. The van der Waals surface area contributed by atoms with Crippen molar-refractivity contribution in [2.24, 2.45) is 0 Å². The summed E-state index contributed by atoms with van der Waals surface area (Å²) in [5.41, 5.74) is 6.15. The molecule has 0 amide bonds. The Labute approximate surface area is 136 Å². The predicted molar refractivity (Wildman–Crippen MR) is 98.1 cm³/mol. The molecule has 2 nitrogen and oxygen atoms in total. The van der Waals surface area contributed by atoms with Gasteiger partial charge in [-0.1, -0.05) is 42.0 Å². The molecular formula is C21H21NO. The van der Waals surface area contributed by atoms with Crippen LogP contribution in [0.15, 0.2) is 60.0 Å². The molecule has 0 aliphatic carbocycles. The Morgan fingerprint density at radius 2 is 1.74 bits per heavy atom. The zero-order valence-electron chi connectivity index (χ0n) is 13.9. The van der Waals surface area contributed by atoms with Crippen LogP contribution in [0.25, 0.3) is 22.0 Å². The first-order valence-electron chi connectivity index (χ1n) is 7.83. The molecule has 0 saturated heterocycles. The van der Waals surface area contributed by atoms with Crippen LogP contribution in [0.3, 0.4) is 0 Å². The maximum absolute atomic E-state index is 13.1. The summed E-state index contributed by atoms with van der Waals surface area (Å²) >= 11 is 0. The topological polar surface area (TPSA) is 22.0 Å². The Morgan fingerprint density at radius 1 is 1.04 bits per heavy atom. The minimum Gasteiger partial charge on any atom is -0.343 e. The van der Waals surface area contributed by atoms with Crippen LogP contribution < -0.4 is 5.43 Å². The first kappa shape index (κ1) is 15.3. The van der Waals surface area contributed by atoms with Gasteiger partial charge in [0.15, 0.2) is 5.43 Å². The molecule has 0 radical (unpaired) electrons. The highest BCUT2D eigenvalue weighted by molar-refractivity contribution is 5.87. The zero-order valence-corrected chi connectivity index (χ0v) is 13.9. The summed E-state index contributed by atoms with van der Waals surface area (Å²) in [5, 5.41) is 0.801. The molecule has 116 valence electrons. The molecule has 0 bridgehead atoms. The quantitative estimate of drug-likeness (QED) is 0.638. The highest BCUT2D eigenvalue weighted by atomic mass is 16.1. The third kappa shape index (κ3) is 2.72. The second-order valence-corrected chi connectivity index (χ2v) is 6.15. The summed E-state index contributed by atoms with van der Waals surface area (Å²) in [6.45, 7) is 10.6. The van der Waals surface area contributed by atoms with Gasteiger partial charge in [-0.25, -0.2) is 0 Å². The summed E-state index contributed by atoms with van der Waals surface area (Å²) < 4.78 is 2.11. The molecule has 0 unspecified atom stereocenters. The number of aromatic nitrogens is 1. The minimum absolute atomic E-state index is 0.0988. The van der Waals surface area contributed by atoms with Crippen LogP contribution in [0.2, 0.25) is 0 Å². The van der Waals surface area contributed by atoms with Crippen molar-refractivity contribution in [3.8, 4) is 11.1 Å². The van der Waals surface area contributed by atoms with E-state index in [0.717, 1.165) is 33.2 Å². The number of benzene rings is 2. The fourth-order valence-corrected chi connectivity index (χ4v) is 3.11. The highest BCUT2D eigenvalue weighted by Crippen LogP contribution is 2.23. The normalized spacial score (nSPS) is 10.9. The lowest BCUT2D eigenvalue weighted by Gasteiger charge is -2.14. The maximum atomic E-state index is 13.1. The third-order valence-corrected chi connectivity index (χ3v) is 4.21. The van der Waals surface area contributed by atoms with Crippen LogP contribution in [-0.4, -0.2) is 4.57 Å². The van der Waals surface area contributed by atoms with E-state index in [1.54, 1.807) is 0 Å². The van der Waals surface area contributed by atoms with Gasteiger partial charge in [0, 0.05) is 23.7 Å². The molecule has 2 heteroatoms. The molecule has 3 aromatic rings. The standard InChI is InChI=1S/C21H21NO/c1-5-10-22-13-18(17-8-6-14(2)7-9-17)21(23)20-16(4)11-15(3)12-19(20)22/h5-9,11-13H,1,10H2,2-4H3. The van der Waals surface area contributed by atoms with Gasteiger partial charge in [0.05, 0.1) is 5.52 Å². The van der Waals surface area contributed by atoms with Crippen molar-refractivity contribution in [3.05, 3.63) is 82.2 Å². The van der Waals surface area contributed by atoms with E-state index in [1.807, 2.05) is 50.4 Å². The van der Waals surface area contributed by atoms with Crippen molar-refractivity contribution in [2.45, 2.75) is 27.3 Å². The van der Waals surface area contributed by atoms with E-state index in [-0.39, 0.29) is 5.43 Å². The Bertz CT molecular complexity index is 946. The van der Waals surface area contributed by atoms with E-state index < -0.39 is 0 Å². The van der Waals surface area contributed by atoms with Crippen LogP contribution in [0.4, 0.5) is 0 Å². The Hall–Kier alpha value is -2.61. The number of rotatable bonds is 3. The molecule has 1 aromatic heterocycles. The van der Waals surface area contributed by atoms with Crippen molar-refractivity contribution < 1.29 is 0 Å². The molecule has 0 spiro atoms. The second-order valence-electron chi connectivity index (χ2n) is 6.15. The molecule has 0 saturated carbocycles. The fourth-order valence-electron chi connectivity index (χ4n) is 3.11. The van der Waals surface area contributed by atoms with E-state index in [1.165, 1.54) is 5.56 Å². The van der Waals surface area contributed by atoms with E-state index in [0.29, 0.717) is 6.54 Å². The number of aryl methyl sites for hydroxylation is 3. The first-order valence-corrected chi connectivity index (χ1v) is 7.83. The van der Waals surface area contributed by atoms with E-state index in [9.17, 15) is 4.79 Å². The van der Waals surface area contributed by atoms with Crippen molar-refractivity contribution in [1.82, 2.24) is 4.57 Å². The van der Waals surface area contributed by atoms with Crippen LogP contribution in [0.1, 0.15) is 16.7 Å². The number of fused-ring (bicyclic) bond motifs is 1. The average Bonchev–Trinajstić information content (AvgIpc) is 2.50. The van der Waals surface area contributed by atoms with Crippen molar-refractivity contribution in [3.63, 3.8) is 0 Å². The minimum atomic E-state index is 0.0988. The smallest absolute Gasteiger partial charge is 0.197 e. The van der Waals surface area contributed by atoms with Gasteiger partial charge in [0.2, 0.25) is 0 Å². The van der Waals surface area contributed by atoms with Crippen LogP contribution in [0, 0.1) is 20.8 Å². The van der Waals surface area contributed by atoms with Crippen LogP contribution in [-0.2, 0) is 6.54 Å². The largest absolute Gasteiger partial charge is 0.343 e. The monoisotopic (exact) mass is 303 g/mol. The lowest BCUT2D eigenvalue weighted by atomic mass is 9.99. The van der Waals surface area contributed by atoms with Gasteiger partial charge in [-0.15, -0.1) is 6.58 Å². The first-order chi connectivity index (χ1) is 11.0. The molecule has 2 aromatic carbocycles. The molecule has 3 rings (SSSR count). The summed E-state index contributed by atoms with van der Waals surface area (Å²) in [5.74, 6) is 0. The lowest BCUT2D eigenvalue weighted by Crippen LogP contribution is -2.13. The molecular weight excluding hydrogens is 282 g/mol.